The van der Waals surface area contributed by atoms with Crippen LogP contribution in [0.4, 0.5) is 0 Å². The van der Waals surface area contributed by atoms with E-state index in [1.165, 1.54) is 0 Å². The Morgan fingerprint density at radius 1 is 1.18 bits per heavy atom. The lowest BCUT2D eigenvalue weighted by Crippen LogP contribution is -2.11. The highest BCUT2D eigenvalue weighted by Crippen LogP contribution is 2.10. The van der Waals surface area contributed by atoms with E-state index >= 15 is 0 Å². The van der Waals surface area contributed by atoms with Gasteiger partial charge in [-0.1, -0.05) is 0 Å². The average Bonchev–Trinajstić information content (AvgIpc) is 2.00. The van der Waals surface area contributed by atoms with Crippen LogP contribution in [0.1, 0.15) is 26.7 Å². The van der Waals surface area contributed by atoms with Crippen molar-refractivity contribution in [3.8, 4) is 0 Å². The summed E-state index contributed by atoms with van der Waals surface area (Å²) in [6.07, 6.45) is 9.71. The highest BCUT2D eigenvalue weighted by molar-refractivity contribution is 5.67. The van der Waals surface area contributed by atoms with Gasteiger partial charge in [0.1, 0.15) is 0 Å². The molecule has 0 aromatic rings. The van der Waals surface area contributed by atoms with Crippen LogP contribution in [-0.4, -0.2) is 18.0 Å². The van der Waals surface area contributed by atoms with Crippen molar-refractivity contribution >= 4 is 12.4 Å². The lowest BCUT2D eigenvalue weighted by atomic mass is 10.1. The van der Waals surface area contributed by atoms with Crippen molar-refractivity contribution in [1.29, 1.82) is 0 Å². The molecule has 60 valence electrons. The molecular weight excluding hydrogens is 136 g/mol. The summed E-state index contributed by atoms with van der Waals surface area (Å²) in [5.74, 6) is 0. The summed E-state index contributed by atoms with van der Waals surface area (Å²) < 4.78 is 0. The van der Waals surface area contributed by atoms with Crippen LogP contribution < -0.4 is 0 Å². The topological polar surface area (TPSA) is 24.7 Å². The van der Waals surface area contributed by atoms with E-state index in [4.69, 9.17) is 0 Å². The third kappa shape index (κ3) is 3.12. The van der Waals surface area contributed by atoms with Gasteiger partial charge in [0.15, 0.2) is 0 Å². The molecule has 0 spiro atoms. The Kier molecular flexibility index (Phi) is 2.58. The van der Waals surface area contributed by atoms with Crippen molar-refractivity contribution in [2.24, 2.45) is 9.98 Å². The van der Waals surface area contributed by atoms with Gasteiger partial charge in [0, 0.05) is 18.6 Å². The molecule has 0 aromatic heterocycles. The zero-order valence-corrected chi connectivity index (χ0v) is 7.12. The summed E-state index contributed by atoms with van der Waals surface area (Å²) in [6, 6.07) is 0. The number of nitrogens with zero attached hydrogens (tertiary/aromatic N) is 2. The maximum Gasteiger partial charge on any atom is 0.0745 e. The fraction of sp³-hybridized carbons (Fsp3) is 0.556. The van der Waals surface area contributed by atoms with Crippen LogP contribution in [0.25, 0.3) is 0 Å². The van der Waals surface area contributed by atoms with Gasteiger partial charge in [-0.15, -0.1) is 0 Å². The quantitative estimate of drug-likeness (QED) is 0.506. The second kappa shape index (κ2) is 3.46. The van der Waals surface area contributed by atoms with Crippen LogP contribution in [0.2, 0.25) is 0 Å². The lowest BCUT2D eigenvalue weighted by Gasteiger charge is -2.12. The minimum atomic E-state index is -0.0817. The molecule has 0 bridgehead atoms. The van der Waals surface area contributed by atoms with E-state index in [1.54, 1.807) is 0 Å². The van der Waals surface area contributed by atoms with Gasteiger partial charge >= 0.3 is 0 Å². The summed E-state index contributed by atoms with van der Waals surface area (Å²) in [4.78, 5) is 8.48. The third-order valence-corrected chi connectivity index (χ3v) is 1.52. The van der Waals surface area contributed by atoms with Crippen LogP contribution in [0, 0.1) is 0 Å². The van der Waals surface area contributed by atoms with Crippen LogP contribution >= 0.6 is 0 Å². The molecule has 0 saturated heterocycles. The highest BCUT2D eigenvalue weighted by atomic mass is 14.8. The van der Waals surface area contributed by atoms with E-state index in [1.807, 2.05) is 24.7 Å². The molecule has 1 aliphatic rings. The minimum absolute atomic E-state index is 0.0817. The lowest BCUT2D eigenvalue weighted by molar-refractivity contribution is 0.658. The molecule has 0 amide bonds. The van der Waals surface area contributed by atoms with Gasteiger partial charge in [-0.3, -0.25) is 9.98 Å². The minimum Gasteiger partial charge on any atom is -0.287 e. The van der Waals surface area contributed by atoms with Gasteiger partial charge in [-0.2, -0.15) is 0 Å². The van der Waals surface area contributed by atoms with Gasteiger partial charge in [0.25, 0.3) is 0 Å². The summed E-state index contributed by atoms with van der Waals surface area (Å²) in [5.41, 5.74) is -0.0817. The van der Waals surface area contributed by atoms with Gasteiger partial charge in [0.05, 0.1) is 5.54 Å². The predicted molar refractivity (Wildman–Crippen MR) is 49.4 cm³/mol. The molecule has 0 saturated carbocycles. The normalized spacial score (nSPS) is 22.4. The molecular formula is C9H14N2. The third-order valence-electron chi connectivity index (χ3n) is 1.52. The molecule has 0 aromatic carbocycles. The molecule has 0 atom stereocenters. The fourth-order valence-electron chi connectivity index (χ4n) is 0.853. The van der Waals surface area contributed by atoms with E-state index in [-0.39, 0.29) is 5.54 Å². The first-order chi connectivity index (χ1) is 5.21. The highest BCUT2D eigenvalue weighted by Gasteiger charge is 2.09. The number of hydrogen-bond acceptors (Lipinski definition) is 2. The zero-order chi connectivity index (χ0) is 8.16. The summed E-state index contributed by atoms with van der Waals surface area (Å²) in [7, 11) is 0. The molecule has 1 aliphatic heterocycles. The van der Waals surface area contributed by atoms with Crippen molar-refractivity contribution in [3.63, 3.8) is 0 Å². The molecule has 0 unspecified atom stereocenters. The van der Waals surface area contributed by atoms with Gasteiger partial charge in [-0.25, -0.2) is 0 Å². The summed E-state index contributed by atoms with van der Waals surface area (Å²) >= 11 is 0. The second-order valence-corrected chi connectivity index (χ2v) is 3.19. The Morgan fingerprint density at radius 3 is 2.73 bits per heavy atom. The zero-order valence-electron chi connectivity index (χ0n) is 7.12. The Labute approximate surface area is 67.8 Å². The molecule has 1 rings (SSSR count). The van der Waals surface area contributed by atoms with Crippen molar-refractivity contribution in [1.82, 2.24) is 0 Å². The molecule has 0 fully saturated rings. The van der Waals surface area contributed by atoms with Crippen molar-refractivity contribution < 1.29 is 0 Å². The van der Waals surface area contributed by atoms with Crippen LogP contribution in [0.5, 0.6) is 0 Å². The predicted octanol–water partition coefficient (Wildman–Crippen LogP) is 2.21. The first-order valence-electron chi connectivity index (χ1n) is 3.94. The van der Waals surface area contributed by atoms with E-state index in [0.29, 0.717) is 0 Å². The number of aliphatic imine (C=N–C) groups is 2. The first kappa shape index (κ1) is 8.18. The maximum atomic E-state index is 4.38. The first-order valence-corrected chi connectivity index (χ1v) is 3.94. The van der Waals surface area contributed by atoms with Crippen LogP contribution in [0.15, 0.2) is 22.3 Å². The standard InChI is InChI=1S/C9H14N2/c1-9(2)5-8-10-6-3-4-7-11-9/h5-8H,3-4H2,1-2H3. The molecule has 2 nitrogen and oxygen atoms in total. The molecule has 2 heteroatoms. The van der Waals surface area contributed by atoms with Gasteiger partial charge in [0.2, 0.25) is 0 Å². The van der Waals surface area contributed by atoms with Crippen LogP contribution in [0.3, 0.4) is 0 Å². The molecule has 0 N–H and O–H groups in total. The Balaban J connectivity index is 2.73. The maximum absolute atomic E-state index is 4.38. The smallest absolute Gasteiger partial charge is 0.0745 e. The molecule has 0 aliphatic carbocycles. The van der Waals surface area contributed by atoms with E-state index in [9.17, 15) is 0 Å². The second-order valence-electron chi connectivity index (χ2n) is 3.19. The van der Waals surface area contributed by atoms with Crippen molar-refractivity contribution in [2.45, 2.75) is 32.2 Å². The largest absolute Gasteiger partial charge is 0.287 e. The van der Waals surface area contributed by atoms with Crippen molar-refractivity contribution in [2.75, 3.05) is 0 Å². The SMILES string of the molecule is CC1(C)C=CN=CCCC=N1. The van der Waals surface area contributed by atoms with E-state index in [0.717, 1.165) is 12.8 Å². The molecule has 1 heterocycles. The van der Waals surface area contributed by atoms with Gasteiger partial charge < -0.3 is 0 Å². The monoisotopic (exact) mass is 150 g/mol. The van der Waals surface area contributed by atoms with Crippen LogP contribution in [-0.2, 0) is 0 Å². The Bertz CT molecular complexity index is 200. The fourth-order valence-corrected chi connectivity index (χ4v) is 0.853. The Hall–Kier alpha value is -0.920. The molecule has 11 heavy (non-hydrogen) atoms. The number of rotatable bonds is 0. The van der Waals surface area contributed by atoms with Gasteiger partial charge in [-0.05, 0) is 32.8 Å². The van der Waals surface area contributed by atoms with E-state index in [2.05, 4.69) is 23.8 Å². The average molecular weight is 150 g/mol. The molecule has 0 radical (unpaired) electrons. The Morgan fingerprint density at radius 2 is 1.91 bits per heavy atom. The van der Waals surface area contributed by atoms with Crippen molar-refractivity contribution in [3.05, 3.63) is 12.3 Å². The summed E-state index contributed by atoms with van der Waals surface area (Å²) in [5, 5.41) is 0. The summed E-state index contributed by atoms with van der Waals surface area (Å²) in [6.45, 7) is 4.14. The number of hydrogen-bond donors (Lipinski definition) is 0. The van der Waals surface area contributed by atoms with E-state index < -0.39 is 0 Å².